The van der Waals surface area contributed by atoms with E-state index in [2.05, 4.69) is 160 Å². The lowest BCUT2D eigenvalue weighted by atomic mass is 10.1. The van der Waals surface area contributed by atoms with Gasteiger partial charge in [0.2, 0.25) is 0 Å². The van der Waals surface area contributed by atoms with Crippen molar-refractivity contribution in [2.75, 3.05) is 47.5 Å². The van der Waals surface area contributed by atoms with Crippen LogP contribution in [0.5, 0.6) is 0 Å². The summed E-state index contributed by atoms with van der Waals surface area (Å²) in [4.78, 5) is 37.3. The van der Waals surface area contributed by atoms with Gasteiger partial charge < -0.3 is 28.5 Å². The Bertz CT molecular complexity index is 1750. The van der Waals surface area contributed by atoms with E-state index in [9.17, 15) is 19.5 Å². The number of carbonyl (C=O) groups is 3. The number of hydrogen-bond donors (Lipinski definition) is 1. The zero-order valence-electron chi connectivity index (χ0n) is 48.6. The van der Waals surface area contributed by atoms with Gasteiger partial charge in [-0.25, -0.2) is 4.79 Å². The fourth-order valence-electron chi connectivity index (χ4n) is 7.29. The number of carbonyl (C=O) groups excluding carboxylic acids is 2. The monoisotopic (exact) mass is 1050 g/mol. The van der Waals surface area contributed by atoms with E-state index in [0.717, 1.165) is 154 Å². The van der Waals surface area contributed by atoms with Crippen molar-refractivity contribution in [2.24, 2.45) is 0 Å². The quantitative estimate of drug-likeness (QED) is 0.0211. The Morgan fingerprint density at radius 1 is 0.408 bits per heavy atom. The molecule has 9 nitrogen and oxygen atoms in total. The summed E-state index contributed by atoms with van der Waals surface area (Å²) in [6.07, 6.45) is 79.3. The Hall–Kier alpha value is -4.83. The fourth-order valence-corrected chi connectivity index (χ4v) is 7.29. The lowest BCUT2D eigenvalue weighted by Crippen LogP contribution is -2.40. The van der Waals surface area contributed by atoms with E-state index < -0.39 is 24.3 Å². The van der Waals surface area contributed by atoms with Gasteiger partial charge in [0.25, 0.3) is 6.29 Å². The minimum atomic E-state index is -1.53. The van der Waals surface area contributed by atoms with Crippen molar-refractivity contribution in [3.63, 3.8) is 0 Å². The third-order valence-corrected chi connectivity index (χ3v) is 11.8. The first-order valence-electron chi connectivity index (χ1n) is 29.5. The predicted molar refractivity (Wildman–Crippen MR) is 322 cm³/mol. The molecule has 0 aromatic heterocycles. The summed E-state index contributed by atoms with van der Waals surface area (Å²) in [6, 6.07) is 0. The molecule has 0 heterocycles. The lowest BCUT2D eigenvalue weighted by Gasteiger charge is -2.25. The number of nitrogens with zero attached hydrogens (tertiary/aromatic N) is 1. The van der Waals surface area contributed by atoms with E-state index in [-0.39, 0.29) is 38.6 Å². The molecule has 0 saturated carbocycles. The second kappa shape index (κ2) is 56.4. The molecule has 428 valence electrons. The Labute approximate surface area is 464 Å². The van der Waals surface area contributed by atoms with Crippen LogP contribution in [0.1, 0.15) is 200 Å². The molecule has 76 heavy (non-hydrogen) atoms. The number of ether oxygens (including phenoxy) is 4. The topological polar surface area (TPSA) is 108 Å². The van der Waals surface area contributed by atoms with Crippen LogP contribution in [0.25, 0.3) is 0 Å². The number of esters is 2. The molecule has 0 fully saturated rings. The van der Waals surface area contributed by atoms with Crippen LogP contribution in [-0.2, 0) is 33.3 Å². The molecule has 0 aromatic rings. The van der Waals surface area contributed by atoms with Gasteiger partial charge in [0.1, 0.15) is 13.2 Å². The number of unbranched alkanes of at least 4 members (excludes halogenated alkanes) is 13. The number of allylic oxidation sites excluding steroid dienone is 24. The van der Waals surface area contributed by atoms with Crippen molar-refractivity contribution < 1.29 is 42.9 Å². The highest BCUT2D eigenvalue weighted by atomic mass is 16.7. The van der Waals surface area contributed by atoms with Crippen LogP contribution < -0.4 is 0 Å². The number of likely N-dealkylation sites (N-methyl/N-ethyl adjacent to an activating group) is 1. The highest BCUT2D eigenvalue weighted by Crippen LogP contribution is 2.13. The largest absolute Gasteiger partial charge is 0.477 e. The fraction of sp³-hybridized carbons (Fsp3) is 0.597. The number of quaternary nitrogens is 1. The molecular weight excluding hydrogens is 947 g/mol. The molecule has 0 amide bonds. The van der Waals surface area contributed by atoms with E-state index in [1.165, 1.54) is 12.8 Å². The Balaban J connectivity index is 4.26. The van der Waals surface area contributed by atoms with Crippen LogP contribution in [-0.4, -0.2) is 87.4 Å². The van der Waals surface area contributed by atoms with Crippen molar-refractivity contribution in [3.05, 3.63) is 146 Å². The smallest absolute Gasteiger partial charge is 0.361 e. The summed E-state index contributed by atoms with van der Waals surface area (Å²) >= 11 is 0. The van der Waals surface area contributed by atoms with Crippen LogP contribution in [0.3, 0.4) is 0 Å². The van der Waals surface area contributed by atoms with E-state index in [1.807, 2.05) is 21.1 Å². The maximum Gasteiger partial charge on any atom is 0.361 e. The molecule has 0 radical (unpaired) electrons. The van der Waals surface area contributed by atoms with Gasteiger partial charge in [0.05, 0.1) is 34.4 Å². The number of rotatable bonds is 52. The number of carboxylic acids is 1. The van der Waals surface area contributed by atoms with Gasteiger partial charge in [-0.2, -0.15) is 0 Å². The van der Waals surface area contributed by atoms with E-state index in [1.54, 1.807) is 0 Å². The Morgan fingerprint density at radius 3 is 1.12 bits per heavy atom. The molecule has 9 heteroatoms. The molecule has 0 aliphatic rings. The van der Waals surface area contributed by atoms with Gasteiger partial charge in [-0.05, 0) is 116 Å². The van der Waals surface area contributed by atoms with Crippen molar-refractivity contribution in [1.82, 2.24) is 0 Å². The van der Waals surface area contributed by atoms with Crippen molar-refractivity contribution >= 4 is 17.9 Å². The van der Waals surface area contributed by atoms with Crippen LogP contribution >= 0.6 is 0 Å². The number of hydrogen-bond acceptors (Lipinski definition) is 7. The minimum absolute atomic E-state index is 0.174. The maximum absolute atomic E-state index is 12.9. The Kier molecular flexibility index (Phi) is 52.8. The summed E-state index contributed by atoms with van der Waals surface area (Å²) in [5.74, 6) is -2.06. The van der Waals surface area contributed by atoms with E-state index in [0.29, 0.717) is 17.4 Å². The molecule has 0 aliphatic carbocycles. The molecule has 2 unspecified atom stereocenters. The second-order valence-electron chi connectivity index (χ2n) is 20.2. The third-order valence-electron chi connectivity index (χ3n) is 11.8. The molecule has 2 atom stereocenters. The zero-order chi connectivity index (χ0) is 55.5. The lowest BCUT2D eigenvalue weighted by molar-refractivity contribution is -0.870. The number of aliphatic carboxylic acids is 1. The molecule has 0 rings (SSSR count). The highest BCUT2D eigenvalue weighted by molar-refractivity contribution is 5.71. The zero-order valence-corrected chi connectivity index (χ0v) is 48.6. The third kappa shape index (κ3) is 56.9. The van der Waals surface area contributed by atoms with Crippen molar-refractivity contribution in [2.45, 2.75) is 212 Å². The highest BCUT2D eigenvalue weighted by Gasteiger charge is 2.25. The Morgan fingerprint density at radius 2 is 0.750 bits per heavy atom. The van der Waals surface area contributed by atoms with Crippen LogP contribution in [0.15, 0.2) is 146 Å². The van der Waals surface area contributed by atoms with Crippen LogP contribution in [0.2, 0.25) is 0 Å². The summed E-state index contributed by atoms with van der Waals surface area (Å²) in [6.45, 7) is 4.65. The van der Waals surface area contributed by atoms with Gasteiger partial charge in [-0.3, -0.25) is 9.59 Å². The minimum Gasteiger partial charge on any atom is -0.477 e. The van der Waals surface area contributed by atoms with Gasteiger partial charge in [0.15, 0.2) is 6.10 Å². The van der Waals surface area contributed by atoms with Gasteiger partial charge in [0, 0.05) is 12.8 Å². The van der Waals surface area contributed by atoms with E-state index >= 15 is 0 Å². The molecule has 0 saturated heterocycles. The summed E-state index contributed by atoms with van der Waals surface area (Å²) < 4.78 is 22.8. The van der Waals surface area contributed by atoms with E-state index in [4.69, 9.17) is 18.9 Å². The first kappa shape index (κ1) is 71.2. The SMILES string of the molecule is CC/C=C\C/C=C\C/C=C\C/C=C\C/C=C\C/C=C\C/C=C\C/C=C\C/C=C\C/C=C\CCCCCCCCC(=O)OC(COC(=O)CCCCCCC/C=C\C/C=C\CCCC)COC(OCC[N+](C)(C)C)C(=O)O. The van der Waals surface area contributed by atoms with Crippen molar-refractivity contribution in [3.8, 4) is 0 Å². The second-order valence-corrected chi connectivity index (χ2v) is 20.2. The summed E-state index contributed by atoms with van der Waals surface area (Å²) in [5.41, 5.74) is 0. The first-order valence-corrected chi connectivity index (χ1v) is 29.5. The molecule has 0 bridgehead atoms. The van der Waals surface area contributed by atoms with Gasteiger partial charge in [-0.1, -0.05) is 217 Å². The molecule has 0 aromatic carbocycles. The summed E-state index contributed by atoms with van der Waals surface area (Å²) in [5, 5.41) is 9.69. The van der Waals surface area contributed by atoms with Gasteiger partial charge in [-0.15, -0.1) is 0 Å². The summed E-state index contributed by atoms with van der Waals surface area (Å²) in [7, 11) is 5.94. The normalized spacial score (nSPS) is 13.9. The predicted octanol–water partition coefficient (Wildman–Crippen LogP) is 17.6. The first-order chi connectivity index (χ1) is 37.1. The average molecular weight is 1060 g/mol. The number of carboxylic acid groups (broad SMARTS) is 1. The molecule has 1 N–H and O–H groups in total. The molecule has 0 aliphatic heterocycles. The average Bonchev–Trinajstić information content (AvgIpc) is 3.39. The molecule has 0 spiro atoms. The van der Waals surface area contributed by atoms with Crippen LogP contribution in [0, 0.1) is 0 Å². The maximum atomic E-state index is 12.9. The van der Waals surface area contributed by atoms with Crippen molar-refractivity contribution in [1.29, 1.82) is 0 Å². The van der Waals surface area contributed by atoms with Crippen LogP contribution in [0.4, 0.5) is 0 Å². The molecular formula is C67H108NO8+. The van der Waals surface area contributed by atoms with Gasteiger partial charge >= 0.3 is 17.9 Å². The standard InChI is InChI=1S/C67H107NO8/c1-6-8-10-12-14-16-18-20-22-23-24-25-26-27-28-29-30-31-32-33-34-35-36-37-38-39-40-41-42-43-44-46-48-50-52-54-56-58-65(70)76-63(62-75-67(66(71)72)73-60-59-68(3,4)5)61-74-64(69)57-55-53-51-49-47-45-21-19-17-15-13-11-9-7-2/h8,10,13-16,19-22,24-25,27-28,30-31,33-34,36-37,39-40,42-43,63,67H,6-7,9,11-12,17-18,23,26,29,32,35,38,41,44-62H2,1-5H3/p+1/b10-8-,15-13-,16-14-,21-19-,22-20-,25-24-,28-27-,31-30-,34-33-,37-36-,40-39-,43-42-.